The van der Waals surface area contributed by atoms with Gasteiger partial charge in [0.15, 0.2) is 0 Å². The molecule has 2 saturated carbocycles. The molecule has 2 aliphatic carbocycles. The summed E-state index contributed by atoms with van der Waals surface area (Å²) in [7, 11) is 2.83. The third kappa shape index (κ3) is 7.12. The first-order valence-corrected chi connectivity index (χ1v) is 12.9. The van der Waals surface area contributed by atoms with Crippen molar-refractivity contribution in [2.24, 2.45) is 0 Å². The zero-order valence-corrected chi connectivity index (χ0v) is 22.9. The minimum absolute atomic E-state index is 0. The maximum Gasteiger partial charge on any atom is 0.338 e. The van der Waals surface area contributed by atoms with Crippen LogP contribution >= 0.6 is 22.6 Å². The summed E-state index contributed by atoms with van der Waals surface area (Å²) in [6.45, 7) is 5.75. The molecular weight excluding hydrogens is 563 g/mol. The van der Waals surface area contributed by atoms with E-state index in [4.69, 9.17) is 9.47 Å². The number of benzene rings is 2. The fraction of sp³-hybridized carbons (Fsp3) is 0.484. The summed E-state index contributed by atoms with van der Waals surface area (Å²) in [5, 5.41) is 0. The van der Waals surface area contributed by atoms with E-state index in [-0.39, 0.29) is 26.8 Å². The first kappa shape index (κ1) is 31.7. The van der Waals surface area contributed by atoms with Crippen LogP contribution in [0.4, 0.5) is 0 Å². The van der Waals surface area contributed by atoms with Crippen LogP contribution in [-0.2, 0) is 9.47 Å². The maximum atomic E-state index is 11.7. The number of esters is 2. The number of hydrogen-bond acceptors (Lipinski definition) is 4. The summed E-state index contributed by atoms with van der Waals surface area (Å²) < 4.78 is 10.8. The Bertz CT molecular complexity index is 1130. The van der Waals surface area contributed by atoms with E-state index in [9.17, 15) is 9.59 Å². The van der Waals surface area contributed by atoms with Crippen molar-refractivity contribution >= 4 is 34.5 Å². The topological polar surface area (TPSA) is 52.6 Å². The van der Waals surface area contributed by atoms with E-state index in [0.717, 1.165) is 16.7 Å². The van der Waals surface area contributed by atoms with Gasteiger partial charge in [0.2, 0.25) is 0 Å². The van der Waals surface area contributed by atoms with Gasteiger partial charge in [-0.2, -0.15) is 0 Å². The van der Waals surface area contributed by atoms with Crippen LogP contribution in [0.5, 0.6) is 0 Å². The summed E-state index contributed by atoms with van der Waals surface area (Å²) >= 11 is 2.32. The second kappa shape index (κ2) is 14.4. The minimum Gasteiger partial charge on any atom is -0.465 e. The van der Waals surface area contributed by atoms with Crippen molar-refractivity contribution in [3.8, 4) is 11.8 Å². The molecule has 4 rings (SSSR count). The van der Waals surface area contributed by atoms with Gasteiger partial charge in [-0.15, -0.1) is 5.92 Å². The molecular formula is C31H41IO4. The maximum absolute atomic E-state index is 11.7. The van der Waals surface area contributed by atoms with E-state index < -0.39 is 0 Å². The summed E-state index contributed by atoms with van der Waals surface area (Å²) in [6, 6.07) is 8.09. The number of carbonyl (C=O) groups is 2. The van der Waals surface area contributed by atoms with Gasteiger partial charge in [-0.25, -0.2) is 9.59 Å². The Morgan fingerprint density at radius 3 is 1.67 bits per heavy atom. The SMILES string of the molecule is C.C.CC#Cc1cc(C(=O)OC)c(C)cc1C1CCC1.COC(=O)c1cc(I)c(C2CCC2)cc1C. The molecule has 0 aromatic heterocycles. The Kier molecular flexibility index (Phi) is 12.7. The van der Waals surface area contributed by atoms with E-state index in [1.54, 1.807) is 0 Å². The standard InChI is InChI=1S/C16H18O2.C13H15IO2.2CH4/c1-4-6-13-10-14(16(17)18-3)11(2)9-15(13)12-7-5-8-12;1-8-6-11(9-4-3-5-9)12(14)7-10(8)13(15)16-2;;/h9-10,12H,5,7-8H2,1-3H3;6-7,9H,3-5H2,1-2H3;2*1H4. The first-order valence-electron chi connectivity index (χ1n) is 11.8. The molecule has 2 aromatic rings. The molecule has 0 spiro atoms. The molecule has 0 unspecified atom stereocenters. The van der Waals surface area contributed by atoms with E-state index in [1.807, 2.05) is 32.9 Å². The number of hydrogen-bond donors (Lipinski definition) is 0. The molecule has 0 saturated heterocycles. The van der Waals surface area contributed by atoms with Crippen molar-refractivity contribution in [1.82, 2.24) is 0 Å². The number of carbonyl (C=O) groups excluding carboxylic acids is 2. The van der Waals surface area contributed by atoms with Crippen LogP contribution in [0.25, 0.3) is 0 Å². The second-order valence-corrected chi connectivity index (χ2v) is 10.2. The lowest BCUT2D eigenvalue weighted by molar-refractivity contribution is 0.0591. The summed E-state index contributed by atoms with van der Waals surface area (Å²) in [4.78, 5) is 23.2. The Balaban J connectivity index is 0.000000343. The van der Waals surface area contributed by atoms with Crippen molar-refractivity contribution in [2.45, 2.75) is 86.0 Å². The molecule has 0 radical (unpaired) electrons. The molecule has 0 atom stereocenters. The number of aryl methyl sites for hydroxylation is 2. The highest BCUT2D eigenvalue weighted by Crippen LogP contribution is 2.40. The van der Waals surface area contributed by atoms with Gasteiger partial charge in [0.05, 0.1) is 25.3 Å². The quantitative estimate of drug-likeness (QED) is 0.200. The molecule has 196 valence electrons. The van der Waals surface area contributed by atoms with Crippen LogP contribution in [0, 0.1) is 29.3 Å². The van der Waals surface area contributed by atoms with E-state index in [1.165, 1.54) is 67.4 Å². The Morgan fingerprint density at radius 2 is 1.25 bits per heavy atom. The van der Waals surface area contributed by atoms with E-state index in [0.29, 0.717) is 23.0 Å². The third-order valence-electron chi connectivity index (χ3n) is 6.90. The highest BCUT2D eigenvalue weighted by atomic mass is 127. The van der Waals surface area contributed by atoms with E-state index >= 15 is 0 Å². The molecule has 2 aromatic carbocycles. The third-order valence-corrected chi connectivity index (χ3v) is 7.83. The van der Waals surface area contributed by atoms with Gasteiger partial charge in [0.25, 0.3) is 0 Å². The number of methoxy groups -OCH3 is 2. The zero-order chi connectivity index (χ0) is 24.8. The van der Waals surface area contributed by atoms with Crippen molar-refractivity contribution in [2.75, 3.05) is 14.2 Å². The van der Waals surface area contributed by atoms with Crippen LogP contribution in [0.3, 0.4) is 0 Å². The molecule has 0 aliphatic heterocycles. The molecule has 0 N–H and O–H groups in total. The van der Waals surface area contributed by atoms with Crippen molar-refractivity contribution in [3.63, 3.8) is 0 Å². The first-order chi connectivity index (χ1) is 16.3. The molecule has 36 heavy (non-hydrogen) atoms. The number of halogens is 1. The smallest absolute Gasteiger partial charge is 0.338 e. The molecule has 2 fully saturated rings. The molecule has 2 aliphatic rings. The Morgan fingerprint density at radius 1 is 0.806 bits per heavy atom. The monoisotopic (exact) mass is 604 g/mol. The lowest BCUT2D eigenvalue weighted by atomic mass is 9.77. The zero-order valence-electron chi connectivity index (χ0n) is 20.7. The lowest BCUT2D eigenvalue weighted by Crippen LogP contribution is -2.13. The van der Waals surface area contributed by atoms with Crippen LogP contribution in [-0.4, -0.2) is 26.2 Å². The molecule has 5 heteroatoms. The van der Waals surface area contributed by atoms with Gasteiger partial charge in [-0.3, -0.25) is 0 Å². The Hall–Kier alpha value is -2.33. The molecule has 4 nitrogen and oxygen atoms in total. The normalized spacial score (nSPS) is 14.2. The summed E-state index contributed by atoms with van der Waals surface area (Å²) in [5.41, 5.74) is 6.99. The van der Waals surface area contributed by atoms with Crippen LogP contribution in [0.2, 0.25) is 0 Å². The van der Waals surface area contributed by atoms with Crippen LogP contribution in [0.15, 0.2) is 24.3 Å². The predicted molar refractivity (Wildman–Crippen MR) is 157 cm³/mol. The summed E-state index contributed by atoms with van der Waals surface area (Å²) in [6.07, 6.45) is 7.66. The molecule has 0 bridgehead atoms. The van der Waals surface area contributed by atoms with E-state index in [2.05, 4.69) is 46.6 Å². The van der Waals surface area contributed by atoms with Crippen LogP contribution in [0.1, 0.15) is 121 Å². The Labute approximate surface area is 231 Å². The number of rotatable bonds is 4. The van der Waals surface area contributed by atoms with Gasteiger partial charge < -0.3 is 9.47 Å². The average molecular weight is 605 g/mol. The van der Waals surface area contributed by atoms with Crippen molar-refractivity contribution in [3.05, 3.63) is 66.8 Å². The average Bonchev–Trinajstić information content (AvgIpc) is 2.75. The van der Waals surface area contributed by atoms with Gasteiger partial charge in [0.1, 0.15) is 0 Å². The van der Waals surface area contributed by atoms with Crippen molar-refractivity contribution in [1.29, 1.82) is 0 Å². The van der Waals surface area contributed by atoms with Gasteiger partial charge in [0, 0.05) is 9.13 Å². The predicted octanol–water partition coefficient (Wildman–Crippen LogP) is 8.35. The van der Waals surface area contributed by atoms with Crippen molar-refractivity contribution < 1.29 is 19.1 Å². The molecule has 0 heterocycles. The fourth-order valence-electron chi connectivity index (χ4n) is 4.43. The lowest BCUT2D eigenvalue weighted by Gasteiger charge is -2.27. The van der Waals surface area contributed by atoms with Crippen LogP contribution < -0.4 is 0 Å². The highest BCUT2D eigenvalue weighted by molar-refractivity contribution is 14.1. The second-order valence-electron chi connectivity index (χ2n) is 9.06. The molecule has 0 amide bonds. The fourth-order valence-corrected chi connectivity index (χ4v) is 5.33. The number of ether oxygens (including phenoxy) is 2. The summed E-state index contributed by atoms with van der Waals surface area (Å²) in [5.74, 6) is 6.84. The highest BCUT2D eigenvalue weighted by Gasteiger charge is 2.24. The van der Waals surface area contributed by atoms with Gasteiger partial charge in [-0.1, -0.05) is 45.7 Å². The van der Waals surface area contributed by atoms with Gasteiger partial charge >= 0.3 is 11.9 Å². The largest absolute Gasteiger partial charge is 0.465 e. The minimum atomic E-state index is -0.285. The van der Waals surface area contributed by atoms with Gasteiger partial charge in [-0.05, 0) is 115 Å².